The van der Waals surface area contributed by atoms with Crippen molar-refractivity contribution in [3.8, 4) is 0 Å². The van der Waals surface area contributed by atoms with Crippen LogP contribution in [0.2, 0.25) is 5.02 Å². The number of carbonyl (C=O) groups excluding carboxylic acids is 1. The molecule has 108 valence electrons. The molecule has 2 N–H and O–H groups in total. The van der Waals surface area contributed by atoms with Crippen LogP contribution in [0.15, 0.2) is 18.2 Å². The van der Waals surface area contributed by atoms with Crippen molar-refractivity contribution in [2.75, 3.05) is 6.54 Å². The Bertz CT molecular complexity index is 532. The van der Waals surface area contributed by atoms with Gasteiger partial charge in [-0.3, -0.25) is 4.79 Å². The van der Waals surface area contributed by atoms with Gasteiger partial charge in [0.15, 0.2) is 0 Å². The van der Waals surface area contributed by atoms with Crippen molar-refractivity contribution in [3.05, 3.63) is 34.6 Å². The smallest absolute Gasteiger partial charge is 0.257 e. The van der Waals surface area contributed by atoms with E-state index in [1.54, 1.807) is 4.90 Å². The minimum absolute atomic E-state index is 0.0116. The molecule has 1 aromatic rings. The van der Waals surface area contributed by atoms with E-state index in [9.17, 15) is 9.18 Å². The van der Waals surface area contributed by atoms with Crippen LogP contribution in [0.1, 0.15) is 36.0 Å². The number of amides is 1. The van der Waals surface area contributed by atoms with Gasteiger partial charge in [-0.1, -0.05) is 36.7 Å². The summed E-state index contributed by atoms with van der Waals surface area (Å²) in [5, 5.41) is 0.265. The fourth-order valence-electron chi connectivity index (χ4n) is 2.57. The number of halogens is 2. The van der Waals surface area contributed by atoms with E-state index in [0.29, 0.717) is 0 Å². The molecule has 1 fully saturated rings. The van der Waals surface area contributed by atoms with E-state index in [0.717, 1.165) is 31.7 Å². The van der Waals surface area contributed by atoms with Crippen molar-refractivity contribution in [3.63, 3.8) is 0 Å². The molecule has 0 aliphatic heterocycles. The van der Waals surface area contributed by atoms with Crippen LogP contribution < -0.4 is 5.73 Å². The van der Waals surface area contributed by atoms with Gasteiger partial charge in [-0.15, -0.1) is 0 Å². The highest BCUT2D eigenvalue weighted by atomic mass is 35.5. The summed E-state index contributed by atoms with van der Waals surface area (Å²) in [5.74, 6) is -0.993. The molecule has 0 heterocycles. The van der Waals surface area contributed by atoms with Gasteiger partial charge >= 0.3 is 0 Å². The lowest BCUT2D eigenvalue weighted by atomic mass is 10.1. The van der Waals surface area contributed by atoms with Crippen molar-refractivity contribution >= 4 is 34.7 Å². The molecule has 0 spiro atoms. The highest BCUT2D eigenvalue weighted by molar-refractivity contribution is 7.80. The maximum absolute atomic E-state index is 13.9. The molecule has 1 saturated carbocycles. The number of hydrogen-bond acceptors (Lipinski definition) is 2. The van der Waals surface area contributed by atoms with E-state index in [2.05, 4.69) is 0 Å². The minimum Gasteiger partial charge on any atom is -0.392 e. The third-order valence-corrected chi connectivity index (χ3v) is 3.88. The summed E-state index contributed by atoms with van der Waals surface area (Å²) < 4.78 is 13.9. The Labute approximate surface area is 127 Å². The topological polar surface area (TPSA) is 46.3 Å². The first-order valence-electron chi connectivity index (χ1n) is 6.53. The van der Waals surface area contributed by atoms with Gasteiger partial charge in [0.2, 0.25) is 0 Å². The summed E-state index contributed by atoms with van der Waals surface area (Å²) >= 11 is 10.6. The van der Waals surface area contributed by atoms with Crippen LogP contribution >= 0.6 is 23.8 Å². The van der Waals surface area contributed by atoms with Gasteiger partial charge in [0.25, 0.3) is 5.91 Å². The lowest BCUT2D eigenvalue weighted by Crippen LogP contribution is -2.43. The predicted octanol–water partition coefficient (Wildman–Crippen LogP) is 3.15. The lowest BCUT2D eigenvalue weighted by molar-refractivity contribution is 0.0710. The van der Waals surface area contributed by atoms with Crippen LogP contribution in [0.5, 0.6) is 0 Å². The second-order valence-corrected chi connectivity index (χ2v) is 5.92. The molecule has 3 nitrogen and oxygen atoms in total. The largest absolute Gasteiger partial charge is 0.392 e. The van der Waals surface area contributed by atoms with E-state index in [-0.39, 0.29) is 34.1 Å². The molecule has 0 bridgehead atoms. The molecule has 0 atom stereocenters. The Morgan fingerprint density at radius 3 is 2.65 bits per heavy atom. The summed E-state index contributed by atoms with van der Waals surface area (Å²) in [7, 11) is 0. The lowest BCUT2D eigenvalue weighted by Gasteiger charge is -2.28. The van der Waals surface area contributed by atoms with E-state index in [4.69, 9.17) is 29.6 Å². The Balaban J connectivity index is 2.27. The van der Waals surface area contributed by atoms with Gasteiger partial charge < -0.3 is 10.6 Å². The molecule has 6 heteroatoms. The molecular weight excluding hydrogens is 299 g/mol. The Morgan fingerprint density at radius 1 is 1.45 bits per heavy atom. The Morgan fingerprint density at radius 2 is 2.10 bits per heavy atom. The Hall–Kier alpha value is -1.20. The quantitative estimate of drug-likeness (QED) is 0.868. The zero-order valence-electron chi connectivity index (χ0n) is 10.9. The van der Waals surface area contributed by atoms with E-state index >= 15 is 0 Å². The highest BCUT2D eigenvalue weighted by Crippen LogP contribution is 2.26. The van der Waals surface area contributed by atoms with Gasteiger partial charge in [0, 0.05) is 11.1 Å². The second-order valence-electron chi connectivity index (χ2n) is 4.96. The average Bonchev–Trinajstić information content (AvgIpc) is 2.88. The molecular formula is C14H16ClFN2OS. The molecule has 0 aromatic heterocycles. The predicted molar refractivity (Wildman–Crippen MR) is 81.5 cm³/mol. The molecule has 0 saturated heterocycles. The number of nitrogens with zero attached hydrogens (tertiary/aromatic N) is 1. The van der Waals surface area contributed by atoms with E-state index < -0.39 is 5.82 Å². The molecule has 1 amide bonds. The van der Waals surface area contributed by atoms with Crippen LogP contribution in [0, 0.1) is 5.82 Å². The van der Waals surface area contributed by atoms with Crippen LogP contribution in [0.25, 0.3) is 0 Å². The van der Waals surface area contributed by atoms with Crippen molar-refractivity contribution in [1.29, 1.82) is 0 Å². The first-order valence-corrected chi connectivity index (χ1v) is 7.32. The molecule has 1 aliphatic rings. The number of benzene rings is 1. The number of nitrogens with two attached hydrogens (primary N) is 1. The maximum atomic E-state index is 13.9. The summed E-state index contributed by atoms with van der Waals surface area (Å²) in [6, 6.07) is 4.13. The molecule has 0 radical (unpaired) electrons. The van der Waals surface area contributed by atoms with Gasteiger partial charge in [-0.2, -0.15) is 0 Å². The van der Waals surface area contributed by atoms with Crippen LogP contribution in [0.4, 0.5) is 4.39 Å². The third kappa shape index (κ3) is 3.46. The summed E-state index contributed by atoms with van der Waals surface area (Å²) in [6.07, 6.45) is 3.94. The fourth-order valence-corrected chi connectivity index (χ4v) is 2.87. The minimum atomic E-state index is -0.617. The number of thiocarbonyl (C=S) groups is 1. The summed E-state index contributed by atoms with van der Waals surface area (Å²) in [6.45, 7) is 0.181. The van der Waals surface area contributed by atoms with Gasteiger partial charge in [0.1, 0.15) is 5.82 Å². The molecule has 2 rings (SSSR count). The molecule has 1 aromatic carbocycles. The third-order valence-electron chi connectivity index (χ3n) is 3.51. The van der Waals surface area contributed by atoms with Crippen molar-refractivity contribution in [1.82, 2.24) is 4.90 Å². The van der Waals surface area contributed by atoms with Crippen LogP contribution in [-0.4, -0.2) is 28.4 Å². The van der Waals surface area contributed by atoms with E-state index in [1.165, 1.54) is 12.1 Å². The number of carbonyl (C=O) groups is 1. The van der Waals surface area contributed by atoms with Gasteiger partial charge in [-0.05, 0) is 31.0 Å². The Kier molecular flexibility index (Phi) is 4.94. The standard InChI is InChI=1S/C14H16ClFN2OS/c15-9-5-6-11(12(16)7-9)14(19)18(8-13(17)20)10-3-1-2-4-10/h5-7,10H,1-4,8H2,(H2,17,20). The van der Waals surface area contributed by atoms with Gasteiger partial charge in [0.05, 0.1) is 17.1 Å². The highest BCUT2D eigenvalue weighted by Gasteiger charge is 2.29. The van der Waals surface area contributed by atoms with Crippen LogP contribution in [-0.2, 0) is 0 Å². The zero-order chi connectivity index (χ0) is 14.7. The first-order chi connectivity index (χ1) is 9.49. The van der Waals surface area contributed by atoms with E-state index in [1.807, 2.05) is 0 Å². The summed E-state index contributed by atoms with van der Waals surface area (Å²) in [5.41, 5.74) is 5.57. The van der Waals surface area contributed by atoms with Crippen molar-refractivity contribution < 1.29 is 9.18 Å². The normalized spacial score (nSPS) is 15.3. The SMILES string of the molecule is NC(=S)CN(C(=O)c1ccc(Cl)cc1F)C1CCCC1. The van der Waals surface area contributed by atoms with Crippen molar-refractivity contribution in [2.24, 2.45) is 5.73 Å². The number of rotatable bonds is 4. The fraction of sp³-hybridized carbons (Fsp3) is 0.429. The van der Waals surface area contributed by atoms with Gasteiger partial charge in [-0.25, -0.2) is 4.39 Å². The summed E-state index contributed by atoms with van der Waals surface area (Å²) in [4.78, 5) is 14.3. The first kappa shape index (κ1) is 15.2. The monoisotopic (exact) mass is 314 g/mol. The number of hydrogen-bond donors (Lipinski definition) is 1. The zero-order valence-corrected chi connectivity index (χ0v) is 12.5. The average molecular weight is 315 g/mol. The van der Waals surface area contributed by atoms with Crippen LogP contribution in [0.3, 0.4) is 0 Å². The van der Waals surface area contributed by atoms with Crippen molar-refractivity contribution in [2.45, 2.75) is 31.7 Å². The molecule has 0 unspecified atom stereocenters. The maximum Gasteiger partial charge on any atom is 0.257 e. The second kappa shape index (κ2) is 6.50. The molecule has 20 heavy (non-hydrogen) atoms. The molecule has 1 aliphatic carbocycles.